The lowest BCUT2D eigenvalue weighted by molar-refractivity contribution is 0.628. The van der Waals surface area contributed by atoms with Crippen molar-refractivity contribution in [3.63, 3.8) is 0 Å². The van der Waals surface area contributed by atoms with Crippen LogP contribution in [0.2, 0.25) is 5.02 Å². The van der Waals surface area contributed by atoms with Gasteiger partial charge in [0.1, 0.15) is 23.3 Å². The molecule has 122 valence electrons. The highest BCUT2D eigenvalue weighted by molar-refractivity contribution is 6.30. The molecule has 24 heavy (non-hydrogen) atoms. The lowest BCUT2D eigenvalue weighted by Gasteiger charge is -2.12. The minimum atomic E-state index is -0.279. The molecule has 3 aromatic rings. The Kier molecular flexibility index (Phi) is 4.62. The first-order chi connectivity index (χ1) is 11.5. The van der Waals surface area contributed by atoms with Gasteiger partial charge in [0, 0.05) is 22.5 Å². The molecule has 0 saturated heterocycles. The molecule has 0 unspecified atom stereocenters. The monoisotopic (exact) mass is 342 g/mol. The van der Waals surface area contributed by atoms with Gasteiger partial charge in [-0.25, -0.2) is 14.4 Å². The quantitative estimate of drug-likeness (QED) is 0.669. The summed E-state index contributed by atoms with van der Waals surface area (Å²) in [6.07, 6.45) is 0. The smallest absolute Gasteiger partial charge is 0.136 e. The highest BCUT2D eigenvalue weighted by Crippen LogP contribution is 2.25. The molecule has 2 N–H and O–H groups in total. The minimum absolute atomic E-state index is 0.279. The topological polar surface area (TPSA) is 49.8 Å². The molecule has 0 aliphatic rings. The third-order valence-electron chi connectivity index (χ3n) is 3.42. The molecule has 0 aliphatic carbocycles. The fourth-order valence-corrected chi connectivity index (χ4v) is 2.42. The van der Waals surface area contributed by atoms with E-state index >= 15 is 0 Å². The van der Waals surface area contributed by atoms with Crippen LogP contribution in [0.25, 0.3) is 0 Å². The number of anilines is 4. The molecule has 0 bridgehead atoms. The number of hydrogen-bond acceptors (Lipinski definition) is 4. The van der Waals surface area contributed by atoms with E-state index in [1.165, 1.54) is 12.1 Å². The van der Waals surface area contributed by atoms with E-state index in [9.17, 15) is 4.39 Å². The summed E-state index contributed by atoms with van der Waals surface area (Å²) >= 11 is 6.05. The molecule has 0 spiro atoms. The van der Waals surface area contributed by atoms with Gasteiger partial charge in [-0.15, -0.1) is 0 Å². The van der Waals surface area contributed by atoms with E-state index in [1.807, 2.05) is 32.0 Å². The van der Waals surface area contributed by atoms with Gasteiger partial charge < -0.3 is 10.6 Å². The van der Waals surface area contributed by atoms with Crippen molar-refractivity contribution >= 4 is 34.6 Å². The van der Waals surface area contributed by atoms with E-state index in [-0.39, 0.29) is 5.82 Å². The van der Waals surface area contributed by atoms with E-state index in [0.29, 0.717) is 22.5 Å². The summed E-state index contributed by atoms with van der Waals surface area (Å²) in [7, 11) is 0. The molecule has 6 heteroatoms. The molecular weight excluding hydrogens is 327 g/mol. The molecule has 0 fully saturated rings. The van der Waals surface area contributed by atoms with Crippen LogP contribution < -0.4 is 10.6 Å². The Balaban J connectivity index is 1.85. The van der Waals surface area contributed by atoms with Crippen LogP contribution in [0.4, 0.5) is 27.4 Å². The van der Waals surface area contributed by atoms with Crippen molar-refractivity contribution in [1.82, 2.24) is 9.97 Å². The zero-order chi connectivity index (χ0) is 17.1. The van der Waals surface area contributed by atoms with Crippen molar-refractivity contribution in [2.24, 2.45) is 0 Å². The Hall–Kier alpha value is -2.66. The summed E-state index contributed by atoms with van der Waals surface area (Å²) in [5.41, 5.74) is 2.69. The maximum atomic E-state index is 13.0. The van der Waals surface area contributed by atoms with Crippen LogP contribution >= 0.6 is 11.6 Å². The molecule has 1 aromatic heterocycles. The van der Waals surface area contributed by atoms with Gasteiger partial charge in [-0.2, -0.15) is 0 Å². The van der Waals surface area contributed by atoms with Crippen molar-refractivity contribution in [1.29, 1.82) is 0 Å². The number of hydrogen-bond donors (Lipinski definition) is 2. The van der Waals surface area contributed by atoms with Crippen LogP contribution in [0.1, 0.15) is 11.4 Å². The van der Waals surface area contributed by atoms with E-state index in [4.69, 9.17) is 11.6 Å². The van der Waals surface area contributed by atoms with E-state index in [1.54, 1.807) is 18.2 Å². The molecule has 0 aliphatic heterocycles. The van der Waals surface area contributed by atoms with Gasteiger partial charge in [0.25, 0.3) is 0 Å². The van der Waals surface area contributed by atoms with Crippen molar-refractivity contribution < 1.29 is 4.39 Å². The summed E-state index contributed by atoms with van der Waals surface area (Å²) in [6.45, 7) is 3.80. The third-order valence-corrected chi connectivity index (χ3v) is 3.65. The molecule has 0 saturated carbocycles. The minimum Gasteiger partial charge on any atom is -0.340 e. The number of halogens is 2. The van der Waals surface area contributed by atoms with E-state index in [2.05, 4.69) is 20.6 Å². The highest BCUT2D eigenvalue weighted by Gasteiger charge is 2.06. The zero-order valence-electron chi connectivity index (χ0n) is 13.3. The van der Waals surface area contributed by atoms with Gasteiger partial charge >= 0.3 is 0 Å². The van der Waals surface area contributed by atoms with Crippen LogP contribution in [0.3, 0.4) is 0 Å². The second-order valence-electron chi connectivity index (χ2n) is 5.40. The Labute approximate surface area is 144 Å². The molecule has 2 aromatic carbocycles. The van der Waals surface area contributed by atoms with Gasteiger partial charge in [-0.1, -0.05) is 17.7 Å². The van der Waals surface area contributed by atoms with Crippen LogP contribution in [-0.4, -0.2) is 9.97 Å². The average molecular weight is 343 g/mol. The zero-order valence-corrected chi connectivity index (χ0v) is 14.0. The summed E-state index contributed by atoms with van der Waals surface area (Å²) in [6, 6.07) is 13.5. The fourth-order valence-electron chi connectivity index (χ4n) is 2.24. The Morgan fingerprint density at radius 1 is 0.875 bits per heavy atom. The summed E-state index contributed by atoms with van der Waals surface area (Å²) < 4.78 is 13.0. The average Bonchev–Trinajstić information content (AvgIpc) is 2.53. The van der Waals surface area contributed by atoms with Crippen molar-refractivity contribution in [3.05, 3.63) is 70.8 Å². The van der Waals surface area contributed by atoms with E-state index in [0.717, 1.165) is 16.9 Å². The molecule has 0 radical (unpaired) electrons. The van der Waals surface area contributed by atoms with E-state index < -0.39 is 0 Å². The van der Waals surface area contributed by atoms with Gasteiger partial charge in [-0.3, -0.25) is 0 Å². The Morgan fingerprint density at radius 3 is 2.25 bits per heavy atom. The Bertz CT molecular complexity index is 865. The van der Waals surface area contributed by atoms with Gasteiger partial charge in [0.05, 0.1) is 0 Å². The number of aromatic nitrogens is 2. The number of aryl methyl sites for hydroxylation is 2. The summed E-state index contributed by atoms with van der Waals surface area (Å²) in [4.78, 5) is 8.74. The molecule has 0 amide bonds. The predicted molar refractivity (Wildman–Crippen MR) is 95.9 cm³/mol. The highest BCUT2D eigenvalue weighted by atomic mass is 35.5. The fraction of sp³-hybridized carbons (Fsp3) is 0.111. The number of nitrogens with zero attached hydrogens (tertiary/aromatic N) is 2. The van der Waals surface area contributed by atoms with Crippen LogP contribution in [0.15, 0.2) is 48.5 Å². The normalized spacial score (nSPS) is 10.5. The SMILES string of the molecule is Cc1nc(Nc2ccc(F)cc2)cc(Nc2cc(Cl)ccc2C)n1. The first kappa shape index (κ1) is 16.2. The maximum absolute atomic E-state index is 13.0. The second kappa shape index (κ2) is 6.84. The van der Waals surface area contributed by atoms with Crippen LogP contribution in [0, 0.1) is 19.7 Å². The first-order valence-corrected chi connectivity index (χ1v) is 7.79. The largest absolute Gasteiger partial charge is 0.340 e. The second-order valence-corrected chi connectivity index (χ2v) is 5.84. The number of rotatable bonds is 4. The predicted octanol–water partition coefficient (Wildman–Crippen LogP) is 5.37. The number of benzene rings is 2. The molecule has 1 heterocycles. The van der Waals surface area contributed by atoms with Crippen molar-refractivity contribution in [2.45, 2.75) is 13.8 Å². The van der Waals surface area contributed by atoms with Gasteiger partial charge in [0.2, 0.25) is 0 Å². The molecule has 3 rings (SSSR count). The van der Waals surface area contributed by atoms with Crippen molar-refractivity contribution in [3.8, 4) is 0 Å². The van der Waals surface area contributed by atoms with Gasteiger partial charge in [0.15, 0.2) is 0 Å². The third kappa shape index (κ3) is 4.00. The lowest BCUT2D eigenvalue weighted by Crippen LogP contribution is -2.02. The first-order valence-electron chi connectivity index (χ1n) is 7.41. The standard InChI is InChI=1S/C18H16ClFN4/c1-11-3-4-13(19)9-16(11)24-18-10-17(21-12(2)22-18)23-15-7-5-14(20)6-8-15/h3-10H,1-2H3,(H2,21,22,23,24). The Morgan fingerprint density at radius 2 is 1.54 bits per heavy atom. The molecular formula is C18H16ClFN4. The summed E-state index contributed by atoms with van der Waals surface area (Å²) in [5, 5.41) is 7.05. The van der Waals surface area contributed by atoms with Gasteiger partial charge in [-0.05, 0) is 55.8 Å². The maximum Gasteiger partial charge on any atom is 0.136 e. The number of nitrogens with one attached hydrogen (secondary N) is 2. The molecule has 4 nitrogen and oxygen atoms in total. The van der Waals surface area contributed by atoms with Crippen molar-refractivity contribution in [2.75, 3.05) is 10.6 Å². The van der Waals surface area contributed by atoms with Crippen LogP contribution in [0.5, 0.6) is 0 Å². The lowest BCUT2D eigenvalue weighted by atomic mass is 10.2. The summed E-state index contributed by atoms with van der Waals surface area (Å²) in [5.74, 6) is 1.61. The molecule has 0 atom stereocenters. The van der Waals surface area contributed by atoms with Crippen LogP contribution in [-0.2, 0) is 0 Å².